The molecule has 2 unspecified atom stereocenters. The van der Waals surface area contributed by atoms with Crippen LogP contribution in [0.1, 0.15) is 90.9 Å². The summed E-state index contributed by atoms with van der Waals surface area (Å²) in [5.41, 5.74) is 0. The van der Waals surface area contributed by atoms with Crippen LogP contribution in [0.25, 0.3) is 0 Å². The van der Waals surface area contributed by atoms with Gasteiger partial charge in [-0.05, 0) is 12.8 Å². The smallest absolute Gasteiger partial charge is 0.549 e. The van der Waals surface area contributed by atoms with Crippen LogP contribution < -0.4 is 34.7 Å². The SMILES string of the molecule is CCCCCCCCCCC(C(=O)OCCCCC)(C(I)C(=O)[O-])S(=O)(=O)O.[Na+]. The number of carboxylic acids is 1. The number of ether oxygens (including phenoxy) is 1. The summed E-state index contributed by atoms with van der Waals surface area (Å²) in [5, 5.41) is 11.4. The average Bonchev–Trinajstić information content (AvgIpc) is 2.62. The number of carboxylic acid groups (broad SMARTS) is 1. The van der Waals surface area contributed by atoms with Gasteiger partial charge < -0.3 is 14.6 Å². The van der Waals surface area contributed by atoms with Gasteiger partial charge in [-0.15, -0.1) is 0 Å². The molecular weight excluding hydrogens is 522 g/mol. The van der Waals surface area contributed by atoms with Crippen LogP contribution in [0, 0.1) is 0 Å². The van der Waals surface area contributed by atoms with Gasteiger partial charge in [0.05, 0.1) is 16.5 Å². The number of hydrogen-bond donors (Lipinski definition) is 1. The Kier molecular flexibility index (Phi) is 18.8. The second kappa shape index (κ2) is 17.2. The van der Waals surface area contributed by atoms with Crippen molar-refractivity contribution in [1.29, 1.82) is 0 Å². The zero-order valence-electron chi connectivity index (χ0n) is 18.0. The third-order valence-electron chi connectivity index (χ3n) is 4.80. The zero-order valence-corrected chi connectivity index (χ0v) is 22.9. The van der Waals surface area contributed by atoms with Crippen molar-refractivity contribution >= 4 is 44.6 Å². The molecular formula is C19H34INaO7S. The summed E-state index contributed by atoms with van der Waals surface area (Å²) >= 11 is 1.34. The van der Waals surface area contributed by atoms with Crippen molar-refractivity contribution in [2.45, 2.75) is 99.6 Å². The fourth-order valence-electron chi connectivity index (χ4n) is 3.05. The second-order valence-electron chi connectivity index (χ2n) is 7.11. The second-order valence-corrected chi connectivity index (χ2v) is 10.0. The molecule has 1 N–H and O–H groups in total. The molecule has 0 rings (SSSR count). The molecule has 0 radical (unpaired) electrons. The van der Waals surface area contributed by atoms with E-state index in [0.29, 0.717) is 19.3 Å². The van der Waals surface area contributed by atoms with Gasteiger partial charge in [0.15, 0.2) is 0 Å². The molecule has 0 aliphatic rings. The standard InChI is InChI=1S/C19H35IO7S.Na/c1-3-5-7-8-9-10-11-12-14-19(28(24,25)26,16(20)17(21)22)18(23)27-15-13-6-4-2;/h16H,3-15H2,1-2H3,(H,21,22)(H,24,25,26);/q;+1/p-1. The summed E-state index contributed by atoms with van der Waals surface area (Å²) in [6.45, 7) is 4.08. The normalized spacial score (nSPS) is 14.5. The van der Waals surface area contributed by atoms with E-state index in [-0.39, 0.29) is 42.6 Å². The molecule has 0 amide bonds. The fraction of sp³-hybridized carbons (Fsp3) is 0.895. The van der Waals surface area contributed by atoms with Crippen LogP contribution in [0.2, 0.25) is 0 Å². The van der Waals surface area contributed by atoms with E-state index in [0.717, 1.165) is 44.9 Å². The molecule has 7 nitrogen and oxygen atoms in total. The van der Waals surface area contributed by atoms with Gasteiger partial charge in [-0.2, -0.15) is 8.42 Å². The first-order chi connectivity index (χ1) is 13.1. The third kappa shape index (κ3) is 11.1. The minimum absolute atomic E-state index is 0. The predicted molar refractivity (Wildman–Crippen MR) is 115 cm³/mol. The Morgan fingerprint density at radius 3 is 1.86 bits per heavy atom. The summed E-state index contributed by atoms with van der Waals surface area (Å²) < 4.78 is 34.8. The largest absolute Gasteiger partial charge is 1.00 e. The van der Waals surface area contributed by atoms with Gasteiger partial charge in [-0.1, -0.05) is 101 Å². The Morgan fingerprint density at radius 1 is 0.966 bits per heavy atom. The minimum Gasteiger partial charge on any atom is -0.549 e. The maximum atomic E-state index is 12.6. The van der Waals surface area contributed by atoms with E-state index in [4.69, 9.17) is 4.74 Å². The van der Waals surface area contributed by atoms with Crippen LogP contribution in [0.3, 0.4) is 0 Å². The van der Waals surface area contributed by atoms with Crippen LogP contribution in [-0.2, 0) is 24.4 Å². The third-order valence-corrected chi connectivity index (χ3v) is 8.33. The van der Waals surface area contributed by atoms with Crippen molar-refractivity contribution in [3.05, 3.63) is 0 Å². The number of carbonyl (C=O) groups excluding carboxylic acids is 2. The molecule has 0 aliphatic carbocycles. The van der Waals surface area contributed by atoms with Gasteiger partial charge in [0, 0.05) is 0 Å². The quantitative estimate of drug-likeness (QED) is 0.0689. The molecule has 29 heavy (non-hydrogen) atoms. The Bertz CT molecular complexity index is 571. The van der Waals surface area contributed by atoms with Crippen LogP contribution >= 0.6 is 22.6 Å². The van der Waals surface area contributed by atoms with E-state index in [9.17, 15) is 27.7 Å². The van der Waals surface area contributed by atoms with Crippen molar-refractivity contribution in [3.63, 3.8) is 0 Å². The van der Waals surface area contributed by atoms with Gasteiger partial charge in [0.25, 0.3) is 10.1 Å². The number of halogens is 1. The van der Waals surface area contributed by atoms with Crippen molar-refractivity contribution in [3.8, 4) is 0 Å². The molecule has 0 saturated carbocycles. The average molecular weight is 556 g/mol. The van der Waals surface area contributed by atoms with Crippen molar-refractivity contribution in [1.82, 2.24) is 0 Å². The van der Waals surface area contributed by atoms with Crippen molar-refractivity contribution < 1.29 is 62.0 Å². The molecule has 0 saturated heterocycles. The van der Waals surface area contributed by atoms with E-state index < -0.39 is 30.7 Å². The van der Waals surface area contributed by atoms with Crippen molar-refractivity contribution in [2.24, 2.45) is 0 Å². The van der Waals surface area contributed by atoms with Gasteiger partial charge >= 0.3 is 35.5 Å². The molecule has 0 fully saturated rings. The molecule has 0 bridgehead atoms. The Balaban J connectivity index is 0. The first-order valence-electron chi connectivity index (χ1n) is 10.1. The topological polar surface area (TPSA) is 121 Å². The monoisotopic (exact) mass is 556 g/mol. The summed E-state index contributed by atoms with van der Waals surface area (Å²) in [7, 11) is -5.02. The van der Waals surface area contributed by atoms with Gasteiger partial charge in [0.1, 0.15) is 0 Å². The zero-order chi connectivity index (χ0) is 21.6. The van der Waals surface area contributed by atoms with Crippen LogP contribution in [0.4, 0.5) is 0 Å². The van der Waals surface area contributed by atoms with Gasteiger partial charge in [-0.25, -0.2) is 0 Å². The number of hydrogen-bond acceptors (Lipinski definition) is 6. The Labute approximate surface area is 211 Å². The number of aliphatic carboxylic acids is 1. The first kappa shape index (κ1) is 31.8. The number of esters is 1. The number of unbranched alkanes of at least 4 members (excludes halogenated alkanes) is 9. The van der Waals surface area contributed by atoms with Crippen LogP contribution in [0.5, 0.6) is 0 Å². The maximum Gasteiger partial charge on any atom is 1.00 e. The van der Waals surface area contributed by atoms with E-state index in [2.05, 4.69) is 6.92 Å². The number of carbonyl (C=O) groups is 2. The minimum atomic E-state index is -5.02. The van der Waals surface area contributed by atoms with Crippen LogP contribution in [0.15, 0.2) is 0 Å². The van der Waals surface area contributed by atoms with E-state index in [1.54, 1.807) is 0 Å². The number of alkyl halides is 1. The number of rotatable bonds is 17. The van der Waals surface area contributed by atoms with E-state index >= 15 is 0 Å². The molecule has 0 aliphatic heterocycles. The summed E-state index contributed by atoms with van der Waals surface area (Å²) in [5.74, 6) is -2.93. The van der Waals surface area contributed by atoms with Gasteiger partial charge in [-0.3, -0.25) is 9.35 Å². The Morgan fingerprint density at radius 2 is 1.41 bits per heavy atom. The van der Waals surface area contributed by atoms with E-state index in [1.807, 2.05) is 6.92 Å². The molecule has 0 heterocycles. The summed E-state index contributed by atoms with van der Waals surface area (Å²) in [6.07, 6.45) is 9.26. The summed E-state index contributed by atoms with van der Waals surface area (Å²) in [6, 6.07) is 0. The summed E-state index contributed by atoms with van der Waals surface area (Å²) in [4.78, 5) is 24.0. The molecule has 166 valence electrons. The van der Waals surface area contributed by atoms with Gasteiger partial charge in [0.2, 0.25) is 4.75 Å². The Hall–Kier alpha value is 0.580. The molecule has 2 atom stereocenters. The first-order valence-corrected chi connectivity index (χ1v) is 12.8. The fourth-order valence-corrected chi connectivity index (χ4v) is 5.61. The molecule has 0 aromatic rings. The molecule has 0 spiro atoms. The predicted octanol–water partition coefficient (Wildman–Crippen LogP) is 0.435. The van der Waals surface area contributed by atoms with E-state index in [1.165, 1.54) is 29.0 Å². The molecule has 0 aromatic heterocycles. The van der Waals surface area contributed by atoms with Crippen LogP contribution in [-0.4, -0.2) is 40.2 Å². The van der Waals surface area contributed by atoms with Crippen molar-refractivity contribution in [2.75, 3.05) is 6.61 Å². The molecule has 10 heteroatoms. The molecule has 0 aromatic carbocycles. The maximum absolute atomic E-state index is 12.6.